The van der Waals surface area contributed by atoms with Gasteiger partial charge in [-0.25, -0.2) is 4.90 Å². The van der Waals surface area contributed by atoms with Crippen molar-refractivity contribution in [2.24, 2.45) is 11.8 Å². The number of benzene rings is 1. The van der Waals surface area contributed by atoms with Crippen LogP contribution in [0.1, 0.15) is 0 Å². The SMILES string of the molecule is O=C1[C@H]2[C@@H]3C=C[C@](CO)(O3)[C@H]2C(=O)N1c1ccc(Cl)c(Cl)c1. The van der Waals surface area contributed by atoms with Crippen molar-refractivity contribution in [1.29, 1.82) is 0 Å². The molecule has 2 fully saturated rings. The highest BCUT2D eigenvalue weighted by Crippen LogP contribution is 2.52. The Labute approximate surface area is 136 Å². The second-order valence-electron chi connectivity index (χ2n) is 5.67. The Morgan fingerprint density at radius 1 is 1.23 bits per heavy atom. The summed E-state index contributed by atoms with van der Waals surface area (Å²) in [6, 6.07) is 4.61. The first-order chi connectivity index (χ1) is 10.5. The summed E-state index contributed by atoms with van der Waals surface area (Å²) < 4.78 is 5.67. The van der Waals surface area contributed by atoms with Gasteiger partial charge in [-0.15, -0.1) is 0 Å². The van der Waals surface area contributed by atoms with E-state index in [4.69, 9.17) is 27.9 Å². The summed E-state index contributed by atoms with van der Waals surface area (Å²) in [5, 5.41) is 10.3. The number of aliphatic hydroxyl groups is 1. The van der Waals surface area contributed by atoms with Crippen LogP contribution in [0.3, 0.4) is 0 Å². The zero-order chi connectivity index (χ0) is 15.6. The van der Waals surface area contributed by atoms with Gasteiger partial charge in [-0.3, -0.25) is 9.59 Å². The Morgan fingerprint density at radius 3 is 2.68 bits per heavy atom. The van der Waals surface area contributed by atoms with Crippen molar-refractivity contribution >= 4 is 40.7 Å². The van der Waals surface area contributed by atoms with E-state index < -0.39 is 23.5 Å². The molecule has 2 bridgehead atoms. The number of halogens is 2. The molecule has 3 aliphatic heterocycles. The summed E-state index contributed by atoms with van der Waals surface area (Å²) in [4.78, 5) is 26.5. The van der Waals surface area contributed by atoms with E-state index in [0.717, 1.165) is 4.90 Å². The molecule has 1 N–H and O–H groups in total. The first kappa shape index (κ1) is 14.2. The van der Waals surface area contributed by atoms with E-state index in [2.05, 4.69) is 0 Å². The number of hydrogen-bond acceptors (Lipinski definition) is 4. The molecule has 4 atom stereocenters. The third kappa shape index (κ3) is 1.62. The van der Waals surface area contributed by atoms with E-state index in [0.29, 0.717) is 10.7 Å². The predicted octanol–water partition coefficient (Wildman–Crippen LogP) is 1.80. The van der Waals surface area contributed by atoms with Crippen LogP contribution in [0.25, 0.3) is 0 Å². The summed E-state index contributed by atoms with van der Waals surface area (Å²) >= 11 is 11.8. The molecule has 114 valence electrons. The number of amides is 2. The van der Waals surface area contributed by atoms with Crippen molar-refractivity contribution in [2.75, 3.05) is 11.5 Å². The molecule has 0 spiro atoms. The molecule has 1 aromatic carbocycles. The van der Waals surface area contributed by atoms with Gasteiger partial charge >= 0.3 is 0 Å². The largest absolute Gasteiger partial charge is 0.393 e. The van der Waals surface area contributed by atoms with E-state index in [9.17, 15) is 14.7 Å². The van der Waals surface area contributed by atoms with Gasteiger partial charge < -0.3 is 9.84 Å². The summed E-state index contributed by atoms with van der Waals surface area (Å²) in [6.45, 7) is -0.338. The van der Waals surface area contributed by atoms with Crippen molar-refractivity contribution in [3.63, 3.8) is 0 Å². The van der Waals surface area contributed by atoms with Gasteiger partial charge in [0.25, 0.3) is 0 Å². The lowest BCUT2D eigenvalue weighted by Crippen LogP contribution is -2.43. The summed E-state index contributed by atoms with van der Waals surface area (Å²) in [7, 11) is 0. The Balaban J connectivity index is 1.77. The molecular formula is C15H11Cl2NO4. The lowest BCUT2D eigenvalue weighted by Gasteiger charge is -2.26. The Bertz CT molecular complexity index is 734. The third-order valence-corrected chi connectivity index (χ3v) is 5.30. The first-order valence-electron chi connectivity index (χ1n) is 6.79. The lowest BCUT2D eigenvalue weighted by atomic mass is 9.77. The first-order valence-corrected chi connectivity index (χ1v) is 7.55. The number of carbonyl (C=O) groups excluding carboxylic acids is 2. The maximum atomic E-state index is 12.8. The van der Waals surface area contributed by atoms with E-state index in [1.807, 2.05) is 0 Å². The molecule has 0 saturated carbocycles. The minimum absolute atomic E-state index is 0.269. The van der Waals surface area contributed by atoms with Crippen LogP contribution in [-0.2, 0) is 14.3 Å². The standard InChI is InChI=1S/C15H11Cl2NO4/c16-8-2-1-7(5-9(8)17)18-13(20)11-10-3-4-15(6-19,22-10)12(11)14(18)21/h1-5,10-12,19H,6H2/t10-,11-,12+,15+/m0/s1. The van der Waals surface area contributed by atoms with Gasteiger partial charge in [0.15, 0.2) is 0 Å². The van der Waals surface area contributed by atoms with Crippen molar-refractivity contribution in [2.45, 2.75) is 11.7 Å². The minimum atomic E-state index is -1.09. The van der Waals surface area contributed by atoms with Crippen LogP contribution in [0, 0.1) is 11.8 Å². The normalized spacial score (nSPS) is 35.6. The van der Waals surface area contributed by atoms with Crippen LogP contribution < -0.4 is 4.90 Å². The van der Waals surface area contributed by atoms with Crippen LogP contribution in [-0.4, -0.2) is 35.2 Å². The maximum Gasteiger partial charge on any atom is 0.241 e. The number of aliphatic hydroxyl groups excluding tert-OH is 1. The second-order valence-corrected chi connectivity index (χ2v) is 6.48. The number of carbonyl (C=O) groups is 2. The molecule has 5 nitrogen and oxygen atoms in total. The number of nitrogens with zero attached hydrogens (tertiary/aromatic N) is 1. The van der Waals surface area contributed by atoms with Gasteiger partial charge in [0.1, 0.15) is 5.60 Å². The number of fused-ring (bicyclic) bond motifs is 5. The molecule has 4 rings (SSSR count). The number of hydrogen-bond donors (Lipinski definition) is 1. The van der Waals surface area contributed by atoms with Crippen LogP contribution in [0.4, 0.5) is 5.69 Å². The Kier molecular flexibility index (Phi) is 2.94. The van der Waals surface area contributed by atoms with Gasteiger partial charge in [0.2, 0.25) is 11.8 Å². The van der Waals surface area contributed by atoms with Crippen molar-refractivity contribution in [3.8, 4) is 0 Å². The van der Waals surface area contributed by atoms with E-state index in [1.165, 1.54) is 6.07 Å². The zero-order valence-corrected chi connectivity index (χ0v) is 12.7. The van der Waals surface area contributed by atoms with Crippen molar-refractivity contribution in [1.82, 2.24) is 0 Å². The monoisotopic (exact) mass is 339 g/mol. The molecule has 7 heteroatoms. The summed E-state index contributed by atoms with van der Waals surface area (Å²) in [5.74, 6) is -2.01. The topological polar surface area (TPSA) is 66.8 Å². The average Bonchev–Trinajstić information content (AvgIpc) is 3.14. The second kappa shape index (κ2) is 4.55. The van der Waals surface area contributed by atoms with Gasteiger partial charge in [-0.2, -0.15) is 0 Å². The molecule has 2 saturated heterocycles. The Morgan fingerprint density at radius 2 is 2.00 bits per heavy atom. The maximum absolute atomic E-state index is 12.8. The van der Waals surface area contributed by atoms with E-state index >= 15 is 0 Å². The Hall–Kier alpha value is -1.40. The van der Waals surface area contributed by atoms with Crippen LogP contribution >= 0.6 is 23.2 Å². The highest BCUT2D eigenvalue weighted by atomic mass is 35.5. The zero-order valence-electron chi connectivity index (χ0n) is 11.2. The average molecular weight is 340 g/mol. The third-order valence-electron chi connectivity index (χ3n) is 4.56. The fourth-order valence-electron chi connectivity index (χ4n) is 3.56. The van der Waals surface area contributed by atoms with Gasteiger partial charge in [0.05, 0.1) is 40.3 Å². The highest BCUT2D eigenvalue weighted by molar-refractivity contribution is 6.42. The number of imide groups is 1. The van der Waals surface area contributed by atoms with Gasteiger partial charge in [0, 0.05) is 0 Å². The molecular weight excluding hydrogens is 329 g/mol. The molecule has 0 radical (unpaired) electrons. The fourth-order valence-corrected chi connectivity index (χ4v) is 3.85. The molecule has 3 aliphatic rings. The van der Waals surface area contributed by atoms with E-state index in [1.54, 1.807) is 24.3 Å². The highest BCUT2D eigenvalue weighted by Gasteiger charge is 2.67. The lowest BCUT2D eigenvalue weighted by molar-refractivity contribution is -0.128. The van der Waals surface area contributed by atoms with Crippen LogP contribution in [0.2, 0.25) is 10.0 Å². The van der Waals surface area contributed by atoms with E-state index in [-0.39, 0.29) is 23.4 Å². The van der Waals surface area contributed by atoms with Crippen LogP contribution in [0.5, 0.6) is 0 Å². The number of anilines is 1. The molecule has 0 unspecified atom stereocenters. The van der Waals surface area contributed by atoms with Crippen molar-refractivity contribution in [3.05, 3.63) is 40.4 Å². The van der Waals surface area contributed by atoms with Crippen LogP contribution in [0.15, 0.2) is 30.4 Å². The van der Waals surface area contributed by atoms with Crippen molar-refractivity contribution < 1.29 is 19.4 Å². The molecule has 2 amide bonds. The molecule has 3 heterocycles. The molecule has 22 heavy (non-hydrogen) atoms. The summed E-state index contributed by atoms with van der Waals surface area (Å²) in [6.07, 6.45) is 2.95. The smallest absolute Gasteiger partial charge is 0.241 e. The number of ether oxygens (including phenoxy) is 1. The molecule has 1 aromatic rings. The minimum Gasteiger partial charge on any atom is -0.393 e. The van der Waals surface area contributed by atoms with Gasteiger partial charge in [-0.1, -0.05) is 35.4 Å². The predicted molar refractivity (Wildman–Crippen MR) is 79.8 cm³/mol. The fraction of sp³-hybridized carbons (Fsp3) is 0.333. The quantitative estimate of drug-likeness (QED) is 0.659. The van der Waals surface area contributed by atoms with Gasteiger partial charge in [-0.05, 0) is 18.2 Å². The summed E-state index contributed by atoms with van der Waals surface area (Å²) in [5.41, 5.74) is -0.709. The number of rotatable bonds is 2. The molecule has 0 aliphatic carbocycles. The molecule has 0 aromatic heterocycles.